The topological polar surface area (TPSA) is 105 Å². The molecule has 0 aliphatic rings. The van der Waals surface area contributed by atoms with Crippen molar-refractivity contribution in [3.63, 3.8) is 0 Å². The van der Waals surface area contributed by atoms with Crippen LogP contribution in [0.5, 0.6) is 0 Å². The maximum Gasteiger partial charge on any atom is 0.407 e. The maximum absolute atomic E-state index is 12.6. The van der Waals surface area contributed by atoms with Gasteiger partial charge < -0.3 is 15.2 Å². The summed E-state index contributed by atoms with van der Waals surface area (Å²) in [5.74, 6) is 0. The van der Waals surface area contributed by atoms with E-state index in [0.29, 0.717) is 0 Å². The van der Waals surface area contributed by atoms with E-state index in [-0.39, 0.29) is 18.0 Å². The number of carbonyl (C=O) groups is 1. The molecule has 1 amide bonds. The molecule has 0 radical (unpaired) electrons. The number of fused-ring (bicyclic) bond motifs is 1. The second-order valence-corrected chi connectivity index (χ2v) is 8.17. The van der Waals surface area contributed by atoms with Crippen LogP contribution in [0, 0.1) is 0 Å². The second-order valence-electron chi connectivity index (χ2n) is 6.45. The largest absolute Gasteiger partial charge is 0.445 e. The normalized spacial score (nSPS) is 12.4. The number of amides is 1. The van der Waals surface area contributed by atoms with Gasteiger partial charge in [0, 0.05) is 6.54 Å². The third-order valence-corrected chi connectivity index (χ3v) is 5.80. The summed E-state index contributed by atoms with van der Waals surface area (Å²) in [5, 5.41) is 13.7. The van der Waals surface area contributed by atoms with Crippen LogP contribution in [0.4, 0.5) is 4.79 Å². The number of ether oxygens (including phenoxy) is 1. The highest BCUT2D eigenvalue weighted by Crippen LogP contribution is 2.19. The van der Waals surface area contributed by atoms with Crippen molar-refractivity contribution in [3.05, 3.63) is 78.4 Å². The average Bonchev–Trinajstić information content (AvgIpc) is 2.75. The molecule has 152 valence electrons. The first-order valence-corrected chi connectivity index (χ1v) is 10.5. The molecule has 29 heavy (non-hydrogen) atoms. The Morgan fingerprint density at radius 2 is 1.66 bits per heavy atom. The predicted octanol–water partition coefficient (Wildman–Crippen LogP) is 2.41. The average molecular weight is 414 g/mol. The van der Waals surface area contributed by atoms with Crippen LogP contribution in [-0.4, -0.2) is 38.8 Å². The quantitative estimate of drug-likeness (QED) is 0.525. The van der Waals surface area contributed by atoms with Crippen molar-refractivity contribution in [1.29, 1.82) is 0 Å². The third kappa shape index (κ3) is 5.77. The van der Waals surface area contributed by atoms with Crippen molar-refractivity contribution in [1.82, 2.24) is 10.0 Å². The molecule has 0 aliphatic heterocycles. The molecule has 3 rings (SSSR count). The summed E-state index contributed by atoms with van der Waals surface area (Å²) in [6.07, 6.45) is -0.697. The number of nitrogens with one attached hydrogen (secondary N) is 2. The molecule has 0 unspecified atom stereocenters. The summed E-state index contributed by atoms with van der Waals surface area (Å²) in [5.41, 5.74) is 0.832. The number of hydrogen-bond acceptors (Lipinski definition) is 5. The highest BCUT2D eigenvalue weighted by Gasteiger charge is 2.20. The molecule has 3 aromatic carbocycles. The van der Waals surface area contributed by atoms with Gasteiger partial charge in [0.25, 0.3) is 0 Å². The molecule has 3 N–H and O–H groups in total. The van der Waals surface area contributed by atoms with Crippen molar-refractivity contribution in [2.24, 2.45) is 0 Å². The predicted molar refractivity (Wildman–Crippen MR) is 110 cm³/mol. The van der Waals surface area contributed by atoms with Crippen LogP contribution >= 0.6 is 0 Å². The van der Waals surface area contributed by atoms with Crippen molar-refractivity contribution in [3.8, 4) is 0 Å². The molecular formula is C21H22N2O5S. The van der Waals surface area contributed by atoms with Gasteiger partial charge in [0.1, 0.15) is 6.61 Å². The van der Waals surface area contributed by atoms with Gasteiger partial charge in [0.2, 0.25) is 10.0 Å². The molecule has 0 saturated carbocycles. The Kier molecular flexibility index (Phi) is 6.82. The molecule has 0 fully saturated rings. The van der Waals surface area contributed by atoms with Gasteiger partial charge in [-0.3, -0.25) is 0 Å². The smallest absolute Gasteiger partial charge is 0.407 e. The monoisotopic (exact) mass is 414 g/mol. The number of benzene rings is 3. The zero-order valence-corrected chi connectivity index (χ0v) is 16.4. The first-order chi connectivity index (χ1) is 14.0. The number of rotatable bonds is 8. The zero-order valence-electron chi connectivity index (χ0n) is 15.6. The summed E-state index contributed by atoms with van der Waals surface area (Å²) in [4.78, 5) is 11.9. The zero-order chi connectivity index (χ0) is 20.7. The van der Waals surface area contributed by atoms with Gasteiger partial charge in [-0.05, 0) is 28.5 Å². The Hall–Kier alpha value is -2.94. The Bertz CT molecular complexity index is 1070. The number of sulfonamides is 1. The van der Waals surface area contributed by atoms with Gasteiger partial charge in [-0.2, -0.15) is 0 Å². The van der Waals surface area contributed by atoms with Crippen molar-refractivity contribution in [2.75, 3.05) is 13.2 Å². The van der Waals surface area contributed by atoms with Crippen LogP contribution in [0.25, 0.3) is 10.8 Å². The first kappa shape index (κ1) is 20.8. The van der Waals surface area contributed by atoms with Gasteiger partial charge in [-0.1, -0.05) is 60.7 Å². The number of alkyl carbamates (subject to hydrolysis) is 1. The van der Waals surface area contributed by atoms with Gasteiger partial charge >= 0.3 is 6.09 Å². The highest BCUT2D eigenvalue weighted by atomic mass is 32.2. The van der Waals surface area contributed by atoms with E-state index < -0.39 is 28.8 Å². The Labute approximate surface area is 169 Å². The van der Waals surface area contributed by atoms with Crippen LogP contribution < -0.4 is 10.0 Å². The number of carbonyl (C=O) groups excluding carboxylic acids is 1. The molecule has 0 aromatic heterocycles. The lowest BCUT2D eigenvalue weighted by molar-refractivity contribution is 0.137. The van der Waals surface area contributed by atoms with Crippen molar-refractivity contribution >= 4 is 26.9 Å². The van der Waals surface area contributed by atoms with Crippen LogP contribution in [0.15, 0.2) is 77.7 Å². The minimum atomic E-state index is -3.87. The molecule has 8 heteroatoms. The summed E-state index contributed by atoms with van der Waals surface area (Å²) in [6.45, 7) is -0.498. The van der Waals surface area contributed by atoms with E-state index in [4.69, 9.17) is 4.74 Å². The van der Waals surface area contributed by atoms with Crippen LogP contribution in [-0.2, 0) is 21.4 Å². The second kappa shape index (κ2) is 9.51. The number of hydrogen-bond donors (Lipinski definition) is 3. The van der Waals surface area contributed by atoms with Gasteiger partial charge in [0.15, 0.2) is 0 Å². The summed E-state index contributed by atoms with van der Waals surface area (Å²) >= 11 is 0. The molecule has 0 aliphatic carbocycles. The number of aliphatic hydroxyl groups excluding tert-OH is 1. The lowest BCUT2D eigenvalue weighted by Gasteiger charge is -2.17. The Morgan fingerprint density at radius 3 is 2.38 bits per heavy atom. The SMILES string of the molecule is O=C(NC[C@H](CO)NS(=O)(=O)c1ccc2ccccc2c1)OCc1ccccc1. The summed E-state index contributed by atoms with van der Waals surface area (Å²) in [6, 6.07) is 20.5. The van der Waals surface area contributed by atoms with E-state index in [9.17, 15) is 18.3 Å². The van der Waals surface area contributed by atoms with E-state index >= 15 is 0 Å². The lowest BCUT2D eigenvalue weighted by atomic mass is 10.1. The maximum atomic E-state index is 12.6. The van der Waals surface area contributed by atoms with E-state index in [1.807, 2.05) is 54.6 Å². The fourth-order valence-electron chi connectivity index (χ4n) is 2.75. The minimum Gasteiger partial charge on any atom is -0.445 e. The van der Waals surface area contributed by atoms with Crippen molar-refractivity contribution < 1.29 is 23.1 Å². The van der Waals surface area contributed by atoms with Crippen LogP contribution in [0.1, 0.15) is 5.56 Å². The molecule has 0 saturated heterocycles. The fourth-order valence-corrected chi connectivity index (χ4v) is 4.01. The molecule has 0 bridgehead atoms. The van der Waals surface area contributed by atoms with Gasteiger partial charge in [-0.25, -0.2) is 17.9 Å². The Balaban J connectivity index is 1.57. The van der Waals surface area contributed by atoms with Gasteiger partial charge in [0.05, 0.1) is 17.5 Å². The van der Waals surface area contributed by atoms with Crippen molar-refractivity contribution in [2.45, 2.75) is 17.5 Å². The minimum absolute atomic E-state index is 0.0845. The Morgan fingerprint density at radius 1 is 0.966 bits per heavy atom. The lowest BCUT2D eigenvalue weighted by Crippen LogP contribution is -2.45. The van der Waals surface area contributed by atoms with E-state index in [1.54, 1.807) is 12.1 Å². The molecule has 3 aromatic rings. The molecule has 0 heterocycles. The van der Waals surface area contributed by atoms with E-state index in [0.717, 1.165) is 16.3 Å². The third-order valence-electron chi connectivity index (χ3n) is 4.28. The van der Waals surface area contributed by atoms with Crippen LogP contribution in [0.2, 0.25) is 0 Å². The fraction of sp³-hybridized carbons (Fsp3) is 0.190. The molecule has 1 atom stereocenters. The van der Waals surface area contributed by atoms with E-state index in [2.05, 4.69) is 10.0 Å². The summed E-state index contributed by atoms with van der Waals surface area (Å²) < 4.78 is 32.8. The molecule has 0 spiro atoms. The highest BCUT2D eigenvalue weighted by molar-refractivity contribution is 7.89. The molecule has 7 nitrogen and oxygen atoms in total. The summed E-state index contributed by atoms with van der Waals surface area (Å²) in [7, 11) is -3.87. The standard InChI is InChI=1S/C21H22N2O5S/c24-14-19(13-22-21(25)28-15-16-6-2-1-3-7-16)23-29(26,27)20-11-10-17-8-4-5-9-18(17)12-20/h1-12,19,23-24H,13-15H2,(H,22,25)/t19-/m1/s1. The van der Waals surface area contributed by atoms with E-state index in [1.165, 1.54) is 6.07 Å². The van der Waals surface area contributed by atoms with Crippen LogP contribution in [0.3, 0.4) is 0 Å². The van der Waals surface area contributed by atoms with Gasteiger partial charge in [-0.15, -0.1) is 0 Å². The number of aliphatic hydroxyl groups is 1. The first-order valence-electron chi connectivity index (χ1n) is 9.04. The molecular weight excluding hydrogens is 392 g/mol.